The summed E-state index contributed by atoms with van der Waals surface area (Å²) in [6.07, 6.45) is 3.55. The van der Waals surface area contributed by atoms with Crippen LogP contribution in [-0.2, 0) is 0 Å². The minimum atomic E-state index is 0.0184. The molecule has 1 aromatic heterocycles. The lowest BCUT2D eigenvalue weighted by atomic mass is 10.1. The fraction of sp³-hybridized carbons (Fsp3) is 0.267. The number of ether oxygens (including phenoxy) is 1. The Labute approximate surface area is 108 Å². The molecule has 0 saturated carbocycles. The van der Waals surface area contributed by atoms with Crippen molar-refractivity contribution in [1.82, 2.24) is 4.98 Å². The third-order valence-electron chi connectivity index (χ3n) is 2.68. The maximum Gasteiger partial charge on any atom is 0.140 e. The molecule has 0 amide bonds. The lowest BCUT2D eigenvalue weighted by molar-refractivity contribution is 0.226. The van der Waals surface area contributed by atoms with E-state index in [1.165, 1.54) is 0 Å². The van der Waals surface area contributed by atoms with Crippen molar-refractivity contribution >= 4 is 5.69 Å². The molecule has 1 N–H and O–H groups in total. The topological polar surface area (TPSA) is 34.2 Å². The van der Waals surface area contributed by atoms with Crippen molar-refractivity contribution in [2.75, 3.05) is 11.9 Å². The first kappa shape index (κ1) is 12.4. The van der Waals surface area contributed by atoms with E-state index in [2.05, 4.69) is 29.4 Å². The van der Waals surface area contributed by atoms with E-state index < -0.39 is 0 Å². The molecule has 0 bridgehead atoms. The molecule has 0 saturated heterocycles. The number of anilines is 1. The molecule has 18 heavy (non-hydrogen) atoms. The van der Waals surface area contributed by atoms with Gasteiger partial charge in [-0.2, -0.15) is 0 Å². The molecule has 1 heterocycles. The summed E-state index contributed by atoms with van der Waals surface area (Å²) in [6, 6.07) is 12.1. The zero-order valence-corrected chi connectivity index (χ0v) is 10.8. The molecule has 0 aliphatic rings. The highest BCUT2D eigenvalue weighted by Crippen LogP contribution is 2.22. The van der Waals surface area contributed by atoms with E-state index in [9.17, 15) is 0 Å². The predicted octanol–water partition coefficient (Wildman–Crippen LogP) is 3.65. The number of pyridine rings is 1. The predicted molar refractivity (Wildman–Crippen MR) is 73.9 cm³/mol. The van der Waals surface area contributed by atoms with Gasteiger partial charge in [0.15, 0.2) is 0 Å². The third-order valence-corrected chi connectivity index (χ3v) is 2.68. The number of nitrogens with zero attached hydrogens (tertiary/aromatic N) is 1. The molecule has 2 aromatic rings. The van der Waals surface area contributed by atoms with E-state index in [0.717, 1.165) is 23.5 Å². The van der Waals surface area contributed by atoms with Gasteiger partial charge in [-0.25, -0.2) is 0 Å². The van der Waals surface area contributed by atoms with Crippen LogP contribution in [0.3, 0.4) is 0 Å². The van der Waals surface area contributed by atoms with Crippen LogP contribution in [0.1, 0.15) is 25.5 Å². The fourth-order valence-corrected chi connectivity index (χ4v) is 1.78. The van der Waals surface area contributed by atoms with Crippen LogP contribution in [0.15, 0.2) is 48.8 Å². The Kier molecular flexibility index (Phi) is 4.18. The summed E-state index contributed by atoms with van der Waals surface area (Å²) in [5.74, 6) is 0.782. The maximum atomic E-state index is 5.88. The molecule has 0 aliphatic carbocycles. The van der Waals surface area contributed by atoms with Crippen molar-refractivity contribution in [2.45, 2.75) is 20.0 Å². The molecular formula is C15H18N2O. The van der Waals surface area contributed by atoms with Crippen molar-refractivity contribution < 1.29 is 4.74 Å². The Hall–Kier alpha value is -2.03. The molecular weight excluding hydrogens is 224 g/mol. The molecule has 94 valence electrons. The van der Waals surface area contributed by atoms with Gasteiger partial charge in [-0.15, -0.1) is 0 Å². The van der Waals surface area contributed by atoms with Gasteiger partial charge in [0.1, 0.15) is 11.9 Å². The van der Waals surface area contributed by atoms with Gasteiger partial charge in [-0.3, -0.25) is 4.98 Å². The van der Waals surface area contributed by atoms with Gasteiger partial charge in [0.05, 0.1) is 18.1 Å². The molecule has 3 heteroatoms. The van der Waals surface area contributed by atoms with Gasteiger partial charge < -0.3 is 10.1 Å². The average molecular weight is 242 g/mol. The van der Waals surface area contributed by atoms with Gasteiger partial charge >= 0.3 is 0 Å². The van der Waals surface area contributed by atoms with E-state index in [0.29, 0.717) is 0 Å². The Morgan fingerprint density at radius 2 is 2.00 bits per heavy atom. The monoisotopic (exact) mass is 242 g/mol. The van der Waals surface area contributed by atoms with E-state index >= 15 is 0 Å². The van der Waals surface area contributed by atoms with Crippen LogP contribution in [0.25, 0.3) is 0 Å². The molecule has 0 spiro atoms. The number of hydrogen-bond acceptors (Lipinski definition) is 3. The fourth-order valence-electron chi connectivity index (χ4n) is 1.78. The summed E-state index contributed by atoms with van der Waals surface area (Å²) < 4.78 is 5.88. The second-order valence-electron chi connectivity index (χ2n) is 4.11. The Bertz CT molecular complexity index is 485. The smallest absolute Gasteiger partial charge is 0.140 e. The highest BCUT2D eigenvalue weighted by atomic mass is 16.5. The summed E-state index contributed by atoms with van der Waals surface area (Å²) in [7, 11) is 0. The Balaban J connectivity index is 2.07. The normalized spacial score (nSPS) is 11.9. The number of aromatic nitrogens is 1. The van der Waals surface area contributed by atoms with Gasteiger partial charge in [0.2, 0.25) is 0 Å². The van der Waals surface area contributed by atoms with E-state index in [-0.39, 0.29) is 6.10 Å². The number of nitrogens with one attached hydrogen (secondary N) is 1. The number of rotatable bonds is 5. The molecule has 1 aromatic carbocycles. The summed E-state index contributed by atoms with van der Waals surface area (Å²) >= 11 is 0. The number of hydrogen-bond donors (Lipinski definition) is 1. The lowest BCUT2D eigenvalue weighted by Crippen LogP contribution is -2.04. The average Bonchev–Trinajstić information content (AvgIpc) is 2.40. The highest BCUT2D eigenvalue weighted by Gasteiger charge is 2.07. The lowest BCUT2D eigenvalue weighted by Gasteiger charge is -2.15. The van der Waals surface area contributed by atoms with Crippen LogP contribution in [0.4, 0.5) is 5.69 Å². The SMILES string of the molecule is CCNc1cncc(OC(C)c2ccccc2)c1. The van der Waals surface area contributed by atoms with Crippen LogP contribution in [0, 0.1) is 0 Å². The van der Waals surface area contributed by atoms with Crippen molar-refractivity contribution in [3.8, 4) is 5.75 Å². The molecule has 0 radical (unpaired) electrons. The molecule has 0 fully saturated rings. The van der Waals surface area contributed by atoms with Crippen molar-refractivity contribution in [1.29, 1.82) is 0 Å². The Morgan fingerprint density at radius 3 is 2.72 bits per heavy atom. The second kappa shape index (κ2) is 6.05. The highest BCUT2D eigenvalue weighted by molar-refractivity contribution is 5.45. The summed E-state index contributed by atoms with van der Waals surface area (Å²) in [6.45, 7) is 4.97. The minimum absolute atomic E-state index is 0.0184. The van der Waals surface area contributed by atoms with Crippen LogP contribution in [0.5, 0.6) is 5.75 Å². The Morgan fingerprint density at radius 1 is 1.22 bits per heavy atom. The summed E-state index contributed by atoms with van der Waals surface area (Å²) in [4.78, 5) is 4.16. The van der Waals surface area contributed by atoms with Crippen LogP contribution in [0.2, 0.25) is 0 Å². The second-order valence-corrected chi connectivity index (χ2v) is 4.11. The molecule has 1 atom stereocenters. The zero-order valence-electron chi connectivity index (χ0n) is 10.8. The minimum Gasteiger partial charge on any atom is -0.484 e. The molecule has 3 nitrogen and oxygen atoms in total. The van der Waals surface area contributed by atoms with Crippen molar-refractivity contribution in [3.05, 3.63) is 54.4 Å². The zero-order chi connectivity index (χ0) is 12.8. The molecule has 0 aliphatic heterocycles. The van der Waals surface area contributed by atoms with Gasteiger partial charge in [-0.05, 0) is 19.4 Å². The standard InChI is InChI=1S/C15H18N2O/c1-3-17-14-9-15(11-16-10-14)18-12(2)13-7-5-4-6-8-13/h4-12,17H,3H2,1-2H3. The van der Waals surface area contributed by atoms with Gasteiger partial charge in [0, 0.05) is 12.6 Å². The first-order chi connectivity index (χ1) is 8.79. The van der Waals surface area contributed by atoms with Gasteiger partial charge in [0.25, 0.3) is 0 Å². The largest absolute Gasteiger partial charge is 0.484 e. The van der Waals surface area contributed by atoms with Crippen molar-refractivity contribution in [2.24, 2.45) is 0 Å². The van der Waals surface area contributed by atoms with Gasteiger partial charge in [-0.1, -0.05) is 30.3 Å². The van der Waals surface area contributed by atoms with Crippen LogP contribution < -0.4 is 10.1 Å². The summed E-state index contributed by atoms with van der Waals surface area (Å²) in [5.41, 5.74) is 2.14. The summed E-state index contributed by atoms with van der Waals surface area (Å²) in [5, 5.41) is 3.22. The maximum absolute atomic E-state index is 5.88. The van der Waals surface area contributed by atoms with Crippen LogP contribution in [-0.4, -0.2) is 11.5 Å². The number of benzene rings is 1. The molecule has 2 rings (SSSR count). The molecule has 1 unspecified atom stereocenters. The van der Waals surface area contributed by atoms with Crippen LogP contribution >= 0.6 is 0 Å². The van der Waals surface area contributed by atoms with E-state index in [1.807, 2.05) is 31.2 Å². The van der Waals surface area contributed by atoms with E-state index in [4.69, 9.17) is 4.74 Å². The van der Waals surface area contributed by atoms with E-state index in [1.54, 1.807) is 12.4 Å². The first-order valence-corrected chi connectivity index (χ1v) is 6.20. The third kappa shape index (κ3) is 3.23. The van der Waals surface area contributed by atoms with Crippen molar-refractivity contribution in [3.63, 3.8) is 0 Å². The first-order valence-electron chi connectivity index (χ1n) is 6.20. The quantitative estimate of drug-likeness (QED) is 0.869.